The summed E-state index contributed by atoms with van der Waals surface area (Å²) in [6, 6.07) is 29.8. The Morgan fingerprint density at radius 2 is 0.871 bits per heavy atom. The third kappa shape index (κ3) is 38.1. The summed E-state index contributed by atoms with van der Waals surface area (Å²) < 4.78 is 77.8. The van der Waals surface area contributed by atoms with Crippen LogP contribution in [0.3, 0.4) is 0 Å². The first-order valence-corrected chi connectivity index (χ1v) is 39.1. The number of carboxylic acids is 1. The number of methoxy groups -OCH3 is 3. The number of carbonyl (C=O) groups excluding carboxylic acids is 3. The van der Waals surface area contributed by atoms with Crippen molar-refractivity contribution in [1.29, 1.82) is 0 Å². The number of pyridine rings is 7. The highest BCUT2D eigenvalue weighted by Crippen LogP contribution is 2.26. The number of aromatic carboxylic acids is 1. The van der Waals surface area contributed by atoms with E-state index in [0.29, 0.717) is 62.5 Å². The predicted molar refractivity (Wildman–Crippen MR) is 459 cm³/mol. The van der Waals surface area contributed by atoms with Crippen molar-refractivity contribution in [2.75, 3.05) is 66.9 Å². The van der Waals surface area contributed by atoms with Gasteiger partial charge in [0.25, 0.3) is 5.91 Å². The number of aromatic nitrogens is 11. The van der Waals surface area contributed by atoms with Crippen molar-refractivity contribution in [3.8, 4) is 11.4 Å². The molecule has 2 aromatic carbocycles. The van der Waals surface area contributed by atoms with E-state index >= 15 is 0 Å². The van der Waals surface area contributed by atoms with Crippen molar-refractivity contribution < 1.29 is 77.5 Å². The average Bonchev–Trinajstić information content (AvgIpc) is 1.59. The van der Waals surface area contributed by atoms with Gasteiger partial charge >= 0.3 is 18.3 Å². The van der Waals surface area contributed by atoms with Crippen LogP contribution in [-0.4, -0.2) is 172 Å². The van der Waals surface area contributed by atoms with E-state index < -0.39 is 36.6 Å². The molecule has 0 unspecified atom stereocenters. The molecule has 0 saturated carbocycles. The molecule has 116 heavy (non-hydrogen) atoms. The fourth-order valence-electron chi connectivity index (χ4n) is 9.26. The van der Waals surface area contributed by atoms with Crippen LogP contribution < -0.4 is 16.8 Å². The molecule has 9 heterocycles. The first-order chi connectivity index (χ1) is 55.0. The van der Waals surface area contributed by atoms with Crippen molar-refractivity contribution in [3.05, 3.63) is 251 Å². The van der Waals surface area contributed by atoms with Crippen LogP contribution in [-0.2, 0) is 28.4 Å². The maximum atomic E-state index is 13.2. The number of benzene rings is 2. The molecule has 8 N–H and O–H groups in total. The summed E-state index contributed by atoms with van der Waals surface area (Å²) in [6.07, 6.45) is 15.4. The monoisotopic (exact) mass is 1990 g/mol. The first-order valence-electron chi connectivity index (χ1n) is 34.8. The van der Waals surface area contributed by atoms with Crippen LogP contribution in [0.25, 0.3) is 33.2 Å². The molecular formula is C78H91Br5Cl3F3N14O13. The van der Waals surface area contributed by atoms with E-state index in [1.807, 2.05) is 55.5 Å². The number of aliphatic hydroxyl groups is 2. The van der Waals surface area contributed by atoms with Crippen LogP contribution in [0.2, 0.25) is 0 Å². The van der Waals surface area contributed by atoms with Gasteiger partial charge < -0.3 is 60.5 Å². The van der Waals surface area contributed by atoms with Gasteiger partial charge in [0, 0.05) is 93.9 Å². The Bertz CT molecular complexity index is 4660. The van der Waals surface area contributed by atoms with Crippen LogP contribution in [0.1, 0.15) is 135 Å². The summed E-state index contributed by atoms with van der Waals surface area (Å²) >= 11 is 26.0. The molecule has 1 amide bonds. The van der Waals surface area contributed by atoms with E-state index in [9.17, 15) is 32.3 Å². The van der Waals surface area contributed by atoms with Crippen LogP contribution in [0.4, 0.5) is 22.8 Å². The zero-order valence-electron chi connectivity index (χ0n) is 65.8. The number of halogens is 11. The summed E-state index contributed by atoms with van der Waals surface area (Å²) in [4.78, 5) is 74.4. The molecule has 11 rings (SSSR count). The smallest absolute Gasteiger partial charge is 0.478 e. The van der Waals surface area contributed by atoms with Crippen LogP contribution in [0.15, 0.2) is 200 Å². The maximum absolute atomic E-state index is 13.2. The number of nitrogens with one attached hydrogen (secondary N) is 1. The number of rotatable bonds is 18. The lowest BCUT2D eigenvalue weighted by molar-refractivity contribution is -0.0294. The number of nitrogens with two attached hydrogens (primary N) is 2. The van der Waals surface area contributed by atoms with Gasteiger partial charge in [-0.15, -0.1) is 35.6 Å². The topological polar surface area (TPSA) is 374 Å². The summed E-state index contributed by atoms with van der Waals surface area (Å²) in [5, 5.41) is 39.4. The standard InChI is InChI=1S/C21H17BrFN5O2.C13H8FN3O2.C10H18O5.C9H12BrNO.C8H11BrN2O.C8H10BrNO.C7H9BrN2O.CH2Cl2.CH3F.ClH/c1-30-12-18(13-6-7-25-20(22)8-13)27-21(29)17-9-24-11-19-16(17)10-26-28(19)15-4-2-14(23)3-5-15;14-8-1-3-9(4-2-8)17-12-7-15-5-11(13(18)19)10(12)6-16-17;1-9(2,3)14-7(11)13-8(12)15-10(4,5)6;1-7(6-12-2)8-3-4-11-9(10)5-8;1-12-5-7(10)6-2-3-11-8(9)4-6;1-6(5-11)7-2-3-10-8(9)4-7;8-7-3-5(1-2-10-7)6(9)4-11;2-1-3;1-2;/h2-11,18H,12H2,1H3,(H,27,29);1-7H,(H,18,19);1-6H3;3-5,7H,6H2,1-2H3;2-4,7H,5,10H2,1H3;2-4,6,11H,5H2,1H3;1-3,6,11H,4,9H2;1H2;1H3;1H/t18-;;;2*7-;2*6-;;;/m0..0000.../s1/i;;;;;;;;1D;. The van der Waals surface area contributed by atoms with Gasteiger partial charge in [0.15, 0.2) is 0 Å². The van der Waals surface area contributed by atoms with E-state index in [2.05, 4.69) is 142 Å². The summed E-state index contributed by atoms with van der Waals surface area (Å²) in [5.74, 6) is -1.42. The van der Waals surface area contributed by atoms with E-state index in [1.54, 1.807) is 147 Å². The van der Waals surface area contributed by atoms with Gasteiger partial charge in [0.2, 0.25) is 0 Å². The molecule has 628 valence electrons. The molecule has 0 spiro atoms. The molecule has 0 radical (unpaired) electrons. The number of hydrogen-bond donors (Lipinski definition) is 6. The SMILES string of the molecule is CC(C)(C)OC(=O)OC(=O)OC(C)(C)C.COC[C@H](C)c1ccnc(Br)c1.COC[C@H](N)c1ccnc(Br)c1.COC[C@H](NC(=O)c1cncc2c1cnn2-c1ccc(F)cc1)c1ccnc(Br)c1.C[C@@H](CO)c1ccnc(Br)c1.Cl.ClCCl.N[C@@H](CO)c1ccnc(Br)c1.O=C(O)c1cncc2c1cnn2-c1ccc(F)cc1.[2H]CF. The van der Waals surface area contributed by atoms with E-state index in [0.717, 1.165) is 47.3 Å². The highest BCUT2D eigenvalue weighted by atomic mass is 79.9. The zero-order chi connectivity index (χ0) is 86.7. The molecule has 0 fully saturated rings. The summed E-state index contributed by atoms with van der Waals surface area (Å²) in [5.41, 5.74) is 18.1. The molecule has 0 aliphatic carbocycles. The van der Waals surface area contributed by atoms with Crippen LogP contribution in [0.5, 0.6) is 0 Å². The van der Waals surface area contributed by atoms with Crippen LogP contribution in [0, 0.1) is 11.6 Å². The minimum absolute atomic E-state index is 0. The lowest BCUT2D eigenvalue weighted by atomic mass is 10.0. The van der Waals surface area contributed by atoms with Crippen molar-refractivity contribution in [1.82, 2.24) is 59.8 Å². The maximum Gasteiger partial charge on any atom is 0.519 e. The lowest BCUT2D eigenvalue weighted by Gasteiger charge is -2.20. The van der Waals surface area contributed by atoms with Gasteiger partial charge in [-0.2, -0.15) is 10.2 Å². The second-order valence-corrected chi connectivity index (χ2v) is 30.4. The Hall–Kier alpha value is -8.11. The number of hydrogen-bond acceptors (Lipinski definition) is 23. The second kappa shape index (κ2) is 54.8. The Balaban J connectivity index is 0.000000473. The number of carbonyl (C=O) groups is 4. The molecule has 5 atom stereocenters. The number of ether oxygens (including phenoxy) is 6. The van der Waals surface area contributed by atoms with E-state index in [4.69, 9.17) is 75.0 Å². The fourth-order valence-corrected chi connectivity index (χ4v) is 11.2. The molecule has 0 bridgehead atoms. The molecule has 38 heteroatoms. The lowest BCUT2D eigenvalue weighted by Crippen LogP contribution is -2.31. The van der Waals surface area contributed by atoms with Crippen molar-refractivity contribution in [3.63, 3.8) is 0 Å². The normalized spacial score (nSPS) is 11.9. The first kappa shape index (κ1) is 102. The minimum Gasteiger partial charge on any atom is -0.478 e. The molecule has 0 aliphatic heterocycles. The third-order valence-electron chi connectivity index (χ3n) is 14.6. The third-order valence-corrected chi connectivity index (χ3v) is 16.7. The largest absolute Gasteiger partial charge is 0.519 e. The van der Waals surface area contributed by atoms with Gasteiger partial charge in [0.05, 0.1) is 117 Å². The van der Waals surface area contributed by atoms with Crippen LogP contribution >= 0.6 is 115 Å². The zero-order valence-corrected chi connectivity index (χ0v) is 75.0. The molecule has 0 aliphatic rings. The molecule has 9 aromatic heterocycles. The van der Waals surface area contributed by atoms with Gasteiger partial charge in [-0.3, -0.25) is 19.2 Å². The number of aliphatic hydroxyl groups excluding tert-OH is 2. The number of alkyl halides is 3. The second-order valence-electron chi connectivity index (χ2n) is 25.6. The van der Waals surface area contributed by atoms with Crippen molar-refractivity contribution in [2.45, 2.75) is 96.6 Å². The Morgan fingerprint density at radius 3 is 1.23 bits per heavy atom. The minimum atomic E-state index is -1.06. The molecular weight excluding hydrogens is 1900 g/mol. The number of fused-ring (bicyclic) bond motifs is 2. The van der Waals surface area contributed by atoms with E-state index in [1.165, 1.54) is 59.3 Å². The number of carboxylic acid groups (broad SMARTS) is 1. The molecule has 0 saturated heterocycles. The quantitative estimate of drug-likeness (QED) is 0.0201. The highest BCUT2D eigenvalue weighted by Gasteiger charge is 2.25. The predicted octanol–water partition coefficient (Wildman–Crippen LogP) is 18.3. The molecule has 11 aromatic rings. The number of nitrogens with zero attached hydrogens (tertiary/aromatic N) is 11. The summed E-state index contributed by atoms with van der Waals surface area (Å²) in [7, 11) is 3.92. The van der Waals surface area contributed by atoms with Gasteiger partial charge in [0.1, 0.15) is 45.9 Å². The average molecular weight is 2000 g/mol. The highest BCUT2D eigenvalue weighted by molar-refractivity contribution is 9.11. The Labute approximate surface area is 730 Å². The van der Waals surface area contributed by atoms with Gasteiger partial charge in [-0.25, -0.2) is 57.4 Å². The summed E-state index contributed by atoms with van der Waals surface area (Å²) in [6.45, 7) is 15.8. The van der Waals surface area contributed by atoms with Crippen molar-refractivity contribution in [2.24, 2.45) is 11.5 Å². The van der Waals surface area contributed by atoms with Crippen molar-refractivity contribution >= 4 is 161 Å². The fraction of sp³-hybridized carbons (Fsp3) is 0.321. The van der Waals surface area contributed by atoms with E-state index in [-0.39, 0.29) is 78.1 Å². The molecule has 27 nitrogen and oxygen atoms in total. The Kier molecular flexibility index (Phi) is 48.2. The van der Waals surface area contributed by atoms with Gasteiger partial charge in [-0.05, 0) is 258 Å². The van der Waals surface area contributed by atoms with Gasteiger partial charge in [-0.1, -0.05) is 13.8 Å². The Morgan fingerprint density at radius 1 is 0.526 bits per heavy atom. The number of amides is 1.